The molecule has 0 fully saturated rings. The van der Waals surface area contributed by atoms with Crippen molar-refractivity contribution in [2.24, 2.45) is 10.2 Å². The van der Waals surface area contributed by atoms with Crippen LogP contribution in [0, 0.1) is 0 Å². The normalized spacial score (nSPS) is 16.2. The molecule has 0 atom stereocenters. The Hall–Kier alpha value is -4.53. The van der Waals surface area contributed by atoms with Gasteiger partial charge in [0.1, 0.15) is 24.7 Å². The number of carbonyl (C=O) groups excluding carboxylic acids is 2. The van der Waals surface area contributed by atoms with Crippen LogP contribution in [0.2, 0.25) is 0 Å². The highest BCUT2D eigenvalue weighted by atomic mass is 16.5. The molecule has 2 aromatic carbocycles. The van der Waals surface area contributed by atoms with Crippen LogP contribution in [0.3, 0.4) is 0 Å². The number of hydrogen-bond donors (Lipinski definition) is 2. The van der Waals surface area contributed by atoms with Crippen LogP contribution >= 0.6 is 0 Å². The number of pyridine rings is 1. The highest BCUT2D eigenvalue weighted by molar-refractivity contribution is 6.35. The Labute approximate surface area is 183 Å². The Bertz CT molecular complexity index is 1070. The first kappa shape index (κ1) is 20.7. The van der Waals surface area contributed by atoms with E-state index >= 15 is 0 Å². The predicted molar refractivity (Wildman–Crippen MR) is 117 cm³/mol. The zero-order valence-electron chi connectivity index (χ0n) is 16.9. The lowest BCUT2D eigenvalue weighted by molar-refractivity contribution is -0.139. The van der Waals surface area contributed by atoms with E-state index in [0.717, 1.165) is 22.5 Å². The molecule has 0 aliphatic carbocycles. The molecule has 0 spiro atoms. The van der Waals surface area contributed by atoms with Crippen molar-refractivity contribution in [3.63, 3.8) is 0 Å². The zero-order valence-corrected chi connectivity index (χ0v) is 16.9. The topological polar surface area (TPSA) is 114 Å². The second-order valence-corrected chi connectivity index (χ2v) is 6.73. The number of amides is 2. The van der Waals surface area contributed by atoms with Crippen molar-refractivity contribution in [2.75, 3.05) is 0 Å². The summed E-state index contributed by atoms with van der Waals surface area (Å²) in [7, 11) is 0. The summed E-state index contributed by atoms with van der Waals surface area (Å²) < 4.78 is 11.6. The van der Waals surface area contributed by atoms with Crippen LogP contribution < -0.4 is 20.3 Å². The molecular weight excluding hydrogens is 410 g/mol. The van der Waals surface area contributed by atoms with Crippen molar-refractivity contribution in [1.82, 2.24) is 15.8 Å². The average molecular weight is 429 g/mol. The fourth-order valence-corrected chi connectivity index (χ4v) is 2.74. The summed E-state index contributed by atoms with van der Waals surface area (Å²) in [6.45, 7) is 0.612. The van der Waals surface area contributed by atoms with E-state index in [0.29, 0.717) is 24.7 Å². The quantitative estimate of drug-likeness (QED) is 0.532. The summed E-state index contributed by atoms with van der Waals surface area (Å²) >= 11 is 0. The number of rotatable bonds is 0. The molecular formula is C23H19N5O4. The Balaban J connectivity index is 1.54. The molecule has 3 aromatic rings. The minimum atomic E-state index is -0.935. The third-order valence-electron chi connectivity index (χ3n) is 4.36. The van der Waals surface area contributed by atoms with Gasteiger partial charge in [0.2, 0.25) is 0 Å². The molecule has 2 N–H and O–H groups in total. The number of hydrogen-bond acceptors (Lipinski definition) is 7. The Morgan fingerprint density at radius 2 is 1.06 bits per heavy atom. The molecule has 9 nitrogen and oxygen atoms in total. The lowest BCUT2D eigenvalue weighted by Crippen LogP contribution is -2.35. The fraction of sp³-hybridized carbons (Fsp3) is 0.0870. The van der Waals surface area contributed by atoms with Crippen molar-refractivity contribution < 1.29 is 19.1 Å². The summed E-state index contributed by atoms with van der Waals surface area (Å²) in [6, 6.07) is 19.9. The zero-order chi connectivity index (χ0) is 22.2. The van der Waals surface area contributed by atoms with E-state index in [9.17, 15) is 9.59 Å². The molecule has 0 radical (unpaired) electrons. The van der Waals surface area contributed by atoms with Crippen molar-refractivity contribution in [3.8, 4) is 11.5 Å². The van der Waals surface area contributed by atoms with Gasteiger partial charge in [-0.05, 0) is 71.8 Å². The van der Waals surface area contributed by atoms with Gasteiger partial charge in [0, 0.05) is 0 Å². The molecule has 0 saturated heterocycles. The van der Waals surface area contributed by atoms with Crippen LogP contribution in [-0.2, 0) is 22.8 Å². The van der Waals surface area contributed by atoms with Crippen molar-refractivity contribution >= 4 is 24.2 Å². The lowest BCUT2D eigenvalue weighted by Gasteiger charge is -2.09. The first-order valence-corrected chi connectivity index (χ1v) is 9.73. The second kappa shape index (κ2) is 9.98. The largest absolute Gasteiger partial charge is 0.487 e. The maximum Gasteiger partial charge on any atom is 0.331 e. The number of nitrogens with zero attached hydrogens (tertiary/aromatic N) is 3. The van der Waals surface area contributed by atoms with E-state index in [-0.39, 0.29) is 0 Å². The van der Waals surface area contributed by atoms with E-state index in [1.54, 1.807) is 48.5 Å². The molecule has 0 unspecified atom stereocenters. The average Bonchev–Trinajstić information content (AvgIpc) is 2.82. The molecule has 0 saturated carbocycles. The third kappa shape index (κ3) is 5.76. The van der Waals surface area contributed by atoms with Crippen LogP contribution in [-0.4, -0.2) is 29.2 Å². The van der Waals surface area contributed by atoms with Gasteiger partial charge in [-0.2, -0.15) is 10.2 Å². The summed E-state index contributed by atoms with van der Waals surface area (Å²) in [4.78, 5) is 28.2. The summed E-state index contributed by atoms with van der Waals surface area (Å²) in [6.07, 6.45) is 2.83. The van der Waals surface area contributed by atoms with Crippen molar-refractivity contribution in [1.29, 1.82) is 0 Å². The first-order valence-electron chi connectivity index (χ1n) is 9.73. The predicted octanol–water partition coefficient (Wildman–Crippen LogP) is 2.15. The summed E-state index contributed by atoms with van der Waals surface area (Å²) in [5.74, 6) is -0.555. The van der Waals surface area contributed by atoms with Crippen LogP contribution in [0.4, 0.5) is 0 Å². The summed E-state index contributed by atoms with van der Waals surface area (Å²) in [5, 5.41) is 7.55. The van der Waals surface area contributed by atoms with E-state index in [2.05, 4.69) is 26.0 Å². The fourth-order valence-electron chi connectivity index (χ4n) is 2.74. The van der Waals surface area contributed by atoms with E-state index in [1.807, 2.05) is 18.2 Å². The van der Waals surface area contributed by atoms with Gasteiger partial charge in [-0.3, -0.25) is 14.6 Å². The van der Waals surface area contributed by atoms with E-state index in [4.69, 9.17) is 9.47 Å². The maximum atomic E-state index is 11.8. The molecule has 160 valence electrons. The van der Waals surface area contributed by atoms with Gasteiger partial charge >= 0.3 is 11.8 Å². The molecule has 1 aromatic heterocycles. The van der Waals surface area contributed by atoms with Gasteiger partial charge in [0.05, 0.1) is 23.8 Å². The molecule has 9 heteroatoms. The monoisotopic (exact) mass is 429 g/mol. The van der Waals surface area contributed by atoms with Crippen LogP contribution in [0.25, 0.3) is 0 Å². The molecule has 5 heterocycles. The third-order valence-corrected chi connectivity index (χ3v) is 4.36. The number of aromatic nitrogens is 1. The maximum absolute atomic E-state index is 11.8. The highest BCUT2D eigenvalue weighted by Gasteiger charge is 2.11. The van der Waals surface area contributed by atoms with Crippen LogP contribution in [0.5, 0.6) is 11.5 Å². The SMILES string of the molecule is O=C1N/N=C\c2ccc(cc2)OCc2cccc(n2)COc2ccc(cc2)/C=N\NC1=O. The van der Waals surface area contributed by atoms with Crippen molar-refractivity contribution in [3.05, 3.63) is 89.2 Å². The first-order chi connectivity index (χ1) is 15.7. The highest BCUT2D eigenvalue weighted by Crippen LogP contribution is 2.15. The van der Waals surface area contributed by atoms with E-state index < -0.39 is 11.8 Å². The number of nitrogens with one attached hydrogen (secondary N) is 2. The standard InChI is InChI=1S/C23H19N5O4/c29-22-23(30)28-25-13-17-6-10-21(11-7-17)32-15-19-3-1-2-18(26-19)14-31-20-8-4-16(5-9-20)12-24-27-22/h1-13H,14-15H2,(H,27,29)(H,28,30)/b24-12-,25-13-. The Morgan fingerprint density at radius 3 is 1.50 bits per heavy atom. The molecule has 4 aliphatic heterocycles. The number of hydrazone groups is 2. The molecule has 2 amide bonds. The van der Waals surface area contributed by atoms with Crippen LogP contribution in [0.15, 0.2) is 76.9 Å². The summed E-state index contributed by atoms with van der Waals surface area (Å²) in [5.41, 5.74) is 7.29. The van der Waals surface area contributed by atoms with Crippen LogP contribution in [0.1, 0.15) is 22.5 Å². The molecule has 7 rings (SSSR count). The number of carbonyl (C=O) groups is 2. The minimum absolute atomic E-state index is 0.306. The minimum Gasteiger partial charge on any atom is -0.487 e. The van der Waals surface area contributed by atoms with Gasteiger partial charge in [-0.1, -0.05) is 6.07 Å². The van der Waals surface area contributed by atoms with E-state index in [1.165, 1.54) is 12.4 Å². The Kier molecular flexibility index (Phi) is 6.47. The van der Waals surface area contributed by atoms with Gasteiger partial charge in [-0.25, -0.2) is 10.9 Å². The Morgan fingerprint density at radius 1 is 0.625 bits per heavy atom. The van der Waals surface area contributed by atoms with Gasteiger partial charge in [0.25, 0.3) is 0 Å². The molecule has 6 bridgehead atoms. The smallest absolute Gasteiger partial charge is 0.331 e. The van der Waals surface area contributed by atoms with Gasteiger partial charge in [0.15, 0.2) is 0 Å². The second-order valence-electron chi connectivity index (χ2n) is 6.73. The molecule has 32 heavy (non-hydrogen) atoms. The van der Waals surface area contributed by atoms with Gasteiger partial charge in [-0.15, -0.1) is 0 Å². The van der Waals surface area contributed by atoms with Gasteiger partial charge < -0.3 is 9.47 Å². The number of ether oxygens (including phenoxy) is 2. The number of benzene rings is 2. The molecule has 4 aliphatic rings. The van der Waals surface area contributed by atoms with Crippen molar-refractivity contribution in [2.45, 2.75) is 13.2 Å². The lowest BCUT2D eigenvalue weighted by atomic mass is 10.2.